The molecule has 0 radical (unpaired) electrons. The third-order valence-corrected chi connectivity index (χ3v) is 7.76. The standard InChI is InChI=1S/C19H26NO4.C6H8O7/c1-3-20(2)15-9-13(10-16(20)18-17(15)24-18)23-19(22)14(11-21)12-7-5-4-6-8-12;7-3(8)1-6(13,5(11)12)2-4(9)10/h4-8,13-18,21H,3,9-11H2,1-2H3;13H,1-2H2,(H,7,8)(H,9,10)(H,11,12)/q+1;/t13?,14?,15-,16-,17-,18+,20?;/m0./s1. The van der Waals surface area contributed by atoms with Gasteiger partial charge in [-0.05, 0) is 12.5 Å². The smallest absolute Gasteiger partial charge is 0.336 e. The third kappa shape index (κ3) is 6.09. The second-order valence-corrected chi connectivity index (χ2v) is 10.0. The highest BCUT2D eigenvalue weighted by Crippen LogP contribution is 2.52. The zero-order chi connectivity index (χ0) is 27.5. The van der Waals surface area contributed by atoms with E-state index in [-0.39, 0.29) is 18.7 Å². The van der Waals surface area contributed by atoms with Crippen molar-refractivity contribution in [3.8, 4) is 0 Å². The van der Waals surface area contributed by atoms with Gasteiger partial charge < -0.3 is 39.5 Å². The molecule has 0 saturated carbocycles. The van der Waals surface area contributed by atoms with Gasteiger partial charge in [-0.25, -0.2) is 4.79 Å². The lowest BCUT2D eigenvalue weighted by Crippen LogP contribution is -2.62. The molecule has 4 rings (SSSR count). The topological polar surface area (TPSA) is 191 Å². The number of morpholine rings is 1. The van der Waals surface area contributed by atoms with Crippen LogP contribution in [0, 0.1) is 0 Å². The molecule has 0 aromatic heterocycles. The van der Waals surface area contributed by atoms with Crippen LogP contribution >= 0.6 is 0 Å². The predicted molar refractivity (Wildman–Crippen MR) is 125 cm³/mol. The van der Waals surface area contributed by atoms with Crippen molar-refractivity contribution in [1.82, 2.24) is 0 Å². The monoisotopic (exact) mass is 524 g/mol. The van der Waals surface area contributed by atoms with Crippen LogP contribution in [0.4, 0.5) is 0 Å². The van der Waals surface area contributed by atoms with E-state index in [0.717, 1.165) is 29.4 Å². The maximum absolute atomic E-state index is 12.6. The Hall–Kier alpha value is -3.06. The van der Waals surface area contributed by atoms with Crippen LogP contribution < -0.4 is 0 Å². The van der Waals surface area contributed by atoms with E-state index in [1.165, 1.54) is 0 Å². The van der Waals surface area contributed by atoms with E-state index in [1.54, 1.807) is 0 Å². The number of carboxylic acid groups (broad SMARTS) is 3. The number of ether oxygens (including phenoxy) is 2. The number of rotatable bonds is 10. The number of carbonyl (C=O) groups excluding carboxylic acids is 1. The molecule has 12 nitrogen and oxygen atoms in total. The van der Waals surface area contributed by atoms with Crippen LogP contribution in [0.2, 0.25) is 0 Å². The molecule has 3 saturated heterocycles. The van der Waals surface area contributed by atoms with Gasteiger partial charge in [-0.15, -0.1) is 0 Å². The fourth-order valence-corrected chi connectivity index (χ4v) is 5.58. The van der Waals surface area contributed by atoms with Crippen molar-refractivity contribution in [2.45, 2.75) is 74.5 Å². The maximum Gasteiger partial charge on any atom is 0.336 e. The van der Waals surface area contributed by atoms with Crippen molar-refractivity contribution in [3.05, 3.63) is 35.9 Å². The van der Waals surface area contributed by atoms with Gasteiger partial charge in [0, 0.05) is 12.8 Å². The molecule has 12 heteroatoms. The number of esters is 1. The number of aliphatic hydroxyl groups is 2. The molecule has 204 valence electrons. The van der Waals surface area contributed by atoms with Crippen molar-refractivity contribution in [2.75, 3.05) is 20.2 Å². The van der Waals surface area contributed by atoms with Gasteiger partial charge >= 0.3 is 23.9 Å². The zero-order valence-corrected chi connectivity index (χ0v) is 20.7. The number of carbonyl (C=O) groups is 4. The summed E-state index contributed by atoms with van der Waals surface area (Å²) in [6.45, 7) is 3.10. The van der Waals surface area contributed by atoms with E-state index in [0.29, 0.717) is 24.3 Å². The van der Waals surface area contributed by atoms with Crippen molar-refractivity contribution < 1.29 is 58.7 Å². The first-order valence-corrected chi connectivity index (χ1v) is 12.1. The van der Waals surface area contributed by atoms with Gasteiger partial charge in [0.05, 0.1) is 33.0 Å². The Morgan fingerprint density at radius 2 is 1.54 bits per heavy atom. The molecule has 3 fully saturated rings. The van der Waals surface area contributed by atoms with Crippen LogP contribution in [0.3, 0.4) is 0 Å². The number of aliphatic carboxylic acids is 3. The van der Waals surface area contributed by atoms with Crippen molar-refractivity contribution >= 4 is 23.9 Å². The van der Waals surface area contributed by atoms with Gasteiger partial charge in [-0.2, -0.15) is 0 Å². The number of piperidine rings is 1. The molecule has 3 aliphatic rings. The van der Waals surface area contributed by atoms with Crippen molar-refractivity contribution in [1.29, 1.82) is 0 Å². The molecule has 3 unspecified atom stereocenters. The van der Waals surface area contributed by atoms with Crippen LogP contribution in [0.15, 0.2) is 30.3 Å². The number of quaternary nitrogens is 1. The summed E-state index contributed by atoms with van der Waals surface area (Å²) in [5.74, 6) is -5.92. The van der Waals surface area contributed by atoms with Gasteiger partial charge in [0.1, 0.15) is 36.3 Å². The first-order valence-electron chi connectivity index (χ1n) is 12.1. The molecule has 7 atom stereocenters. The Morgan fingerprint density at radius 1 is 1.03 bits per heavy atom. The molecular formula is C25H34NO11+. The Bertz CT molecular complexity index is 979. The highest BCUT2D eigenvalue weighted by atomic mass is 16.6. The number of aliphatic hydroxyl groups excluding tert-OH is 1. The summed E-state index contributed by atoms with van der Waals surface area (Å²) in [5.41, 5.74) is -1.93. The van der Waals surface area contributed by atoms with Crippen LogP contribution in [0.1, 0.15) is 44.1 Å². The molecule has 3 aliphatic heterocycles. The van der Waals surface area contributed by atoms with E-state index >= 15 is 0 Å². The van der Waals surface area contributed by atoms with Gasteiger partial charge in [0.15, 0.2) is 5.60 Å². The second-order valence-electron chi connectivity index (χ2n) is 10.0. The third-order valence-electron chi connectivity index (χ3n) is 7.76. The summed E-state index contributed by atoms with van der Waals surface area (Å²) in [6, 6.07) is 10.2. The van der Waals surface area contributed by atoms with Gasteiger partial charge in [0.25, 0.3) is 0 Å². The maximum atomic E-state index is 12.6. The molecule has 1 aromatic rings. The summed E-state index contributed by atoms with van der Waals surface area (Å²) in [4.78, 5) is 43.1. The summed E-state index contributed by atoms with van der Waals surface area (Å²) in [6.07, 6.45) is 0.0854. The lowest BCUT2D eigenvalue weighted by atomic mass is 9.95. The van der Waals surface area contributed by atoms with Crippen LogP contribution in [-0.2, 0) is 28.7 Å². The van der Waals surface area contributed by atoms with E-state index in [2.05, 4.69) is 14.0 Å². The number of epoxide rings is 1. The molecule has 3 heterocycles. The normalized spacial score (nSPS) is 30.2. The average Bonchev–Trinajstić information content (AvgIpc) is 3.58. The number of carboxylic acids is 3. The Labute approximate surface area is 213 Å². The second kappa shape index (κ2) is 11.1. The number of likely N-dealkylation sites (N-methyl/N-ethyl adjacent to an activating group) is 1. The number of nitrogens with zero attached hydrogens (tertiary/aromatic N) is 1. The zero-order valence-electron chi connectivity index (χ0n) is 20.7. The van der Waals surface area contributed by atoms with E-state index in [4.69, 9.17) is 29.9 Å². The number of hydrogen-bond acceptors (Lipinski definition) is 8. The Morgan fingerprint density at radius 3 is 1.95 bits per heavy atom. The molecule has 1 aromatic carbocycles. The largest absolute Gasteiger partial charge is 0.481 e. The van der Waals surface area contributed by atoms with E-state index < -0.39 is 42.3 Å². The van der Waals surface area contributed by atoms with Crippen LogP contribution in [-0.4, -0.2) is 110 Å². The molecule has 5 N–H and O–H groups in total. The summed E-state index contributed by atoms with van der Waals surface area (Å²) >= 11 is 0. The Balaban J connectivity index is 0.000000251. The van der Waals surface area contributed by atoms with Crippen LogP contribution in [0.25, 0.3) is 0 Å². The molecular weight excluding hydrogens is 490 g/mol. The van der Waals surface area contributed by atoms with Gasteiger partial charge in [-0.1, -0.05) is 30.3 Å². The Kier molecular flexibility index (Phi) is 8.58. The fourth-order valence-electron chi connectivity index (χ4n) is 5.58. The SMILES string of the molecule is CC[N+]1(C)[C@H]2CC(OC(=O)C(CO)c3ccccc3)C[C@H]1[C@H]1O[C@H]12.O=C(O)CC(O)(CC(=O)O)C(=O)O. The number of hydrogen-bond donors (Lipinski definition) is 5. The first-order chi connectivity index (χ1) is 17.4. The minimum Gasteiger partial charge on any atom is -0.481 e. The van der Waals surface area contributed by atoms with Gasteiger partial charge in [-0.3, -0.25) is 14.4 Å². The van der Waals surface area contributed by atoms with E-state index in [1.807, 2.05) is 30.3 Å². The van der Waals surface area contributed by atoms with Crippen LogP contribution in [0.5, 0.6) is 0 Å². The molecule has 0 amide bonds. The quantitative estimate of drug-likeness (QED) is 0.160. The minimum atomic E-state index is -2.74. The number of fused-ring (bicyclic) bond motifs is 5. The van der Waals surface area contributed by atoms with Crippen molar-refractivity contribution in [2.24, 2.45) is 0 Å². The van der Waals surface area contributed by atoms with E-state index in [9.17, 15) is 24.3 Å². The lowest BCUT2D eigenvalue weighted by Gasteiger charge is -2.47. The average molecular weight is 525 g/mol. The van der Waals surface area contributed by atoms with Gasteiger partial charge in [0.2, 0.25) is 0 Å². The highest BCUT2D eigenvalue weighted by Gasteiger charge is 2.71. The lowest BCUT2D eigenvalue weighted by molar-refractivity contribution is -0.954. The highest BCUT2D eigenvalue weighted by molar-refractivity contribution is 5.88. The fraction of sp³-hybridized carbons (Fsp3) is 0.600. The summed E-state index contributed by atoms with van der Waals surface area (Å²) < 4.78 is 12.7. The summed E-state index contributed by atoms with van der Waals surface area (Å²) in [5, 5.41) is 43.5. The summed E-state index contributed by atoms with van der Waals surface area (Å²) in [7, 11) is 2.31. The molecule has 37 heavy (non-hydrogen) atoms. The predicted octanol–water partition coefficient (Wildman–Crippen LogP) is 0.204. The van der Waals surface area contributed by atoms with Crippen molar-refractivity contribution in [3.63, 3.8) is 0 Å². The minimum absolute atomic E-state index is 0.0561. The molecule has 2 bridgehead atoms. The first kappa shape index (κ1) is 28.5. The molecule has 0 spiro atoms. The number of benzene rings is 1. The molecule has 0 aliphatic carbocycles.